The molecule has 116 valence electrons. The van der Waals surface area contributed by atoms with Crippen molar-refractivity contribution in [1.82, 2.24) is 4.98 Å². The van der Waals surface area contributed by atoms with E-state index in [9.17, 15) is 18.0 Å². The predicted molar refractivity (Wildman–Crippen MR) is 72.7 cm³/mol. The van der Waals surface area contributed by atoms with Gasteiger partial charge >= 0.3 is 12.3 Å². The Hall–Kier alpha value is -2.28. The summed E-state index contributed by atoms with van der Waals surface area (Å²) in [4.78, 5) is 14.8. The molecule has 0 saturated heterocycles. The molecule has 1 heterocycles. The van der Waals surface area contributed by atoms with Crippen molar-refractivity contribution in [1.29, 1.82) is 0 Å². The fourth-order valence-electron chi connectivity index (χ4n) is 1.74. The lowest BCUT2D eigenvalue weighted by Gasteiger charge is -2.09. The van der Waals surface area contributed by atoms with Crippen molar-refractivity contribution >= 4 is 17.6 Å². The Bertz CT molecular complexity index is 687. The van der Waals surface area contributed by atoms with E-state index in [1.807, 2.05) is 0 Å². The first-order chi connectivity index (χ1) is 10.2. The summed E-state index contributed by atoms with van der Waals surface area (Å²) in [5, 5.41) is 8.99. The van der Waals surface area contributed by atoms with Gasteiger partial charge in [-0.2, -0.15) is 0 Å². The van der Waals surface area contributed by atoms with E-state index in [4.69, 9.17) is 16.7 Å². The number of nitrogens with zero attached hydrogens (tertiary/aromatic N) is 1. The van der Waals surface area contributed by atoms with Gasteiger partial charge in [0, 0.05) is 5.56 Å². The standard InChI is InChI=1S/C14H9ClF3NO3/c15-10-5-6-11(19-12(10)7-13(20)21)8-1-3-9(4-2-8)22-14(16,17)18/h1-6H,7H2,(H,20,21). The summed E-state index contributed by atoms with van der Waals surface area (Å²) in [6, 6.07) is 8.12. The lowest BCUT2D eigenvalue weighted by atomic mass is 10.1. The number of alkyl halides is 3. The van der Waals surface area contributed by atoms with Gasteiger partial charge in [-0.15, -0.1) is 13.2 Å². The number of halogens is 4. The van der Waals surface area contributed by atoms with E-state index in [1.54, 1.807) is 6.07 Å². The lowest BCUT2D eigenvalue weighted by molar-refractivity contribution is -0.274. The van der Waals surface area contributed by atoms with Gasteiger partial charge in [-0.3, -0.25) is 9.78 Å². The van der Waals surface area contributed by atoms with Crippen molar-refractivity contribution in [3.8, 4) is 17.0 Å². The highest BCUT2D eigenvalue weighted by molar-refractivity contribution is 6.31. The lowest BCUT2D eigenvalue weighted by Crippen LogP contribution is -2.16. The van der Waals surface area contributed by atoms with Crippen molar-refractivity contribution in [3.63, 3.8) is 0 Å². The normalized spacial score (nSPS) is 11.3. The molecule has 0 unspecified atom stereocenters. The van der Waals surface area contributed by atoms with Crippen LogP contribution in [-0.2, 0) is 11.2 Å². The van der Waals surface area contributed by atoms with E-state index in [-0.39, 0.29) is 22.9 Å². The summed E-state index contributed by atoms with van der Waals surface area (Å²) in [7, 11) is 0. The number of aliphatic carboxylic acids is 1. The maximum atomic E-state index is 12.1. The summed E-state index contributed by atoms with van der Waals surface area (Å²) >= 11 is 5.85. The summed E-state index contributed by atoms with van der Waals surface area (Å²) in [5.74, 6) is -1.43. The first-order valence-corrected chi connectivity index (χ1v) is 6.36. The molecule has 1 N–H and O–H groups in total. The molecule has 1 aromatic heterocycles. The van der Waals surface area contributed by atoms with Crippen molar-refractivity contribution in [2.45, 2.75) is 12.8 Å². The molecular formula is C14H9ClF3NO3. The predicted octanol–water partition coefficient (Wildman–Crippen LogP) is 3.93. The Labute approximate surface area is 128 Å². The van der Waals surface area contributed by atoms with Crippen LogP contribution in [0.1, 0.15) is 5.69 Å². The molecule has 0 bridgehead atoms. The zero-order valence-electron chi connectivity index (χ0n) is 10.9. The summed E-state index contributed by atoms with van der Waals surface area (Å²) < 4.78 is 40.0. The Kier molecular flexibility index (Phi) is 4.56. The number of hydrogen-bond donors (Lipinski definition) is 1. The fourth-order valence-corrected chi connectivity index (χ4v) is 1.91. The zero-order chi connectivity index (χ0) is 16.3. The second kappa shape index (κ2) is 6.23. The Morgan fingerprint density at radius 1 is 1.18 bits per heavy atom. The molecular weight excluding hydrogens is 323 g/mol. The number of aromatic nitrogens is 1. The fraction of sp³-hybridized carbons (Fsp3) is 0.143. The molecule has 1 aromatic carbocycles. The first kappa shape index (κ1) is 16.1. The van der Waals surface area contributed by atoms with Crippen LogP contribution in [0.3, 0.4) is 0 Å². The highest BCUT2D eigenvalue weighted by atomic mass is 35.5. The Morgan fingerprint density at radius 2 is 1.82 bits per heavy atom. The molecule has 0 aliphatic carbocycles. The van der Waals surface area contributed by atoms with Crippen LogP contribution in [-0.4, -0.2) is 22.4 Å². The molecule has 2 rings (SSSR count). The SMILES string of the molecule is O=C(O)Cc1nc(-c2ccc(OC(F)(F)F)cc2)ccc1Cl. The van der Waals surface area contributed by atoms with Crippen molar-refractivity contribution in [3.05, 3.63) is 47.1 Å². The maximum Gasteiger partial charge on any atom is 0.573 e. The van der Waals surface area contributed by atoms with Crippen LogP contribution in [0.4, 0.5) is 13.2 Å². The van der Waals surface area contributed by atoms with Crippen LogP contribution in [0.2, 0.25) is 5.02 Å². The third kappa shape index (κ3) is 4.36. The van der Waals surface area contributed by atoms with E-state index in [1.165, 1.54) is 18.2 Å². The number of rotatable bonds is 4. The Morgan fingerprint density at radius 3 is 2.36 bits per heavy atom. The number of hydrogen-bond acceptors (Lipinski definition) is 3. The third-order valence-electron chi connectivity index (χ3n) is 2.62. The Balaban J connectivity index is 2.26. The maximum absolute atomic E-state index is 12.1. The molecule has 22 heavy (non-hydrogen) atoms. The monoisotopic (exact) mass is 331 g/mol. The van der Waals surface area contributed by atoms with Gasteiger partial charge in [0.05, 0.1) is 22.8 Å². The largest absolute Gasteiger partial charge is 0.573 e. The molecule has 0 amide bonds. The zero-order valence-corrected chi connectivity index (χ0v) is 11.6. The van der Waals surface area contributed by atoms with Gasteiger partial charge in [0.15, 0.2) is 0 Å². The minimum absolute atomic E-state index is 0.183. The van der Waals surface area contributed by atoms with Gasteiger partial charge in [-0.25, -0.2) is 0 Å². The number of pyridine rings is 1. The molecule has 4 nitrogen and oxygen atoms in total. The molecule has 0 aliphatic rings. The summed E-state index contributed by atoms with van der Waals surface area (Å²) in [5.41, 5.74) is 1.10. The summed E-state index contributed by atoms with van der Waals surface area (Å²) in [6.45, 7) is 0. The molecule has 0 spiro atoms. The number of ether oxygens (including phenoxy) is 1. The van der Waals surface area contributed by atoms with Crippen LogP contribution >= 0.6 is 11.6 Å². The number of carboxylic acids is 1. The second-order valence-corrected chi connectivity index (χ2v) is 4.67. The quantitative estimate of drug-likeness (QED) is 0.922. The van der Waals surface area contributed by atoms with Gasteiger partial charge in [0.2, 0.25) is 0 Å². The van der Waals surface area contributed by atoms with Crippen LogP contribution in [0, 0.1) is 0 Å². The van der Waals surface area contributed by atoms with Crippen LogP contribution in [0.25, 0.3) is 11.3 Å². The average molecular weight is 332 g/mol. The average Bonchev–Trinajstić information content (AvgIpc) is 2.40. The smallest absolute Gasteiger partial charge is 0.481 e. The van der Waals surface area contributed by atoms with Gasteiger partial charge in [0.1, 0.15) is 5.75 Å². The molecule has 0 aliphatic heterocycles. The van der Waals surface area contributed by atoms with Crippen molar-refractivity contribution in [2.75, 3.05) is 0 Å². The highest BCUT2D eigenvalue weighted by Crippen LogP contribution is 2.27. The van der Waals surface area contributed by atoms with Gasteiger partial charge in [-0.1, -0.05) is 11.6 Å². The number of carbonyl (C=O) groups is 1. The van der Waals surface area contributed by atoms with Crippen LogP contribution < -0.4 is 4.74 Å². The van der Waals surface area contributed by atoms with E-state index in [2.05, 4.69) is 9.72 Å². The molecule has 2 aromatic rings. The molecule has 0 atom stereocenters. The van der Waals surface area contributed by atoms with Crippen LogP contribution in [0.15, 0.2) is 36.4 Å². The van der Waals surface area contributed by atoms with Crippen molar-refractivity contribution in [2.24, 2.45) is 0 Å². The molecule has 0 saturated carbocycles. The van der Waals surface area contributed by atoms with Crippen molar-refractivity contribution < 1.29 is 27.8 Å². The van der Waals surface area contributed by atoms with Gasteiger partial charge < -0.3 is 9.84 Å². The minimum atomic E-state index is -4.76. The topological polar surface area (TPSA) is 59.4 Å². The first-order valence-electron chi connectivity index (χ1n) is 5.98. The van der Waals surface area contributed by atoms with E-state index in [0.717, 1.165) is 12.1 Å². The highest BCUT2D eigenvalue weighted by Gasteiger charge is 2.30. The van der Waals surface area contributed by atoms with Crippen LogP contribution in [0.5, 0.6) is 5.75 Å². The molecule has 8 heteroatoms. The molecule has 0 fully saturated rings. The number of benzene rings is 1. The summed E-state index contributed by atoms with van der Waals surface area (Å²) in [6.07, 6.45) is -5.10. The third-order valence-corrected chi connectivity index (χ3v) is 2.97. The van der Waals surface area contributed by atoms with E-state index >= 15 is 0 Å². The van der Waals surface area contributed by atoms with Gasteiger partial charge in [0.25, 0.3) is 0 Å². The minimum Gasteiger partial charge on any atom is -0.481 e. The second-order valence-electron chi connectivity index (χ2n) is 4.27. The van der Waals surface area contributed by atoms with E-state index in [0.29, 0.717) is 11.3 Å². The van der Waals surface area contributed by atoms with Gasteiger partial charge in [-0.05, 0) is 36.4 Å². The molecule has 0 radical (unpaired) electrons. The number of carboxylic acid groups (broad SMARTS) is 1. The van der Waals surface area contributed by atoms with E-state index < -0.39 is 12.3 Å².